The zero-order valence-corrected chi connectivity index (χ0v) is 17.7. The standard InChI is InChI=1S/C24H26N4O3/c1-17-6-3-10-22(25-17)27-23-11-5-9-20(26-23)21-16-28(12-13-31-21)24(29)15-18-7-4-8-19(14-18)30-2/h3-11,14,21H,12-13,15-16H2,1-2H3,(H,25,26,27)/t21-/m0/s1. The molecule has 0 radical (unpaired) electrons. The second kappa shape index (κ2) is 9.57. The second-order valence-corrected chi connectivity index (χ2v) is 7.46. The summed E-state index contributed by atoms with van der Waals surface area (Å²) in [5.41, 5.74) is 2.65. The Kier molecular flexibility index (Phi) is 6.43. The number of methoxy groups -OCH3 is 1. The quantitative estimate of drug-likeness (QED) is 0.658. The van der Waals surface area contributed by atoms with Crippen LogP contribution in [0.2, 0.25) is 0 Å². The summed E-state index contributed by atoms with van der Waals surface area (Å²) in [4.78, 5) is 23.9. The van der Waals surface area contributed by atoms with Gasteiger partial charge in [-0.25, -0.2) is 9.97 Å². The van der Waals surface area contributed by atoms with E-state index in [-0.39, 0.29) is 12.0 Å². The average Bonchev–Trinajstić information content (AvgIpc) is 2.79. The third kappa shape index (κ3) is 5.38. The molecule has 160 valence electrons. The lowest BCUT2D eigenvalue weighted by Gasteiger charge is -2.33. The molecule has 1 aromatic carbocycles. The number of morpholine rings is 1. The first-order chi connectivity index (χ1) is 15.1. The van der Waals surface area contributed by atoms with Gasteiger partial charge in [-0.05, 0) is 48.9 Å². The zero-order valence-electron chi connectivity index (χ0n) is 17.7. The number of carbonyl (C=O) groups is 1. The molecule has 4 rings (SSSR count). The van der Waals surface area contributed by atoms with E-state index >= 15 is 0 Å². The molecule has 1 fully saturated rings. The molecule has 1 atom stereocenters. The second-order valence-electron chi connectivity index (χ2n) is 7.46. The van der Waals surface area contributed by atoms with Crippen molar-refractivity contribution in [2.45, 2.75) is 19.4 Å². The maximum absolute atomic E-state index is 12.9. The molecule has 3 aromatic rings. The van der Waals surface area contributed by atoms with Crippen molar-refractivity contribution in [2.75, 3.05) is 32.1 Å². The highest BCUT2D eigenvalue weighted by atomic mass is 16.5. The lowest BCUT2D eigenvalue weighted by Crippen LogP contribution is -2.43. The van der Waals surface area contributed by atoms with E-state index in [0.717, 1.165) is 28.5 Å². The van der Waals surface area contributed by atoms with Crippen LogP contribution in [0.5, 0.6) is 5.75 Å². The molecule has 1 amide bonds. The highest BCUT2D eigenvalue weighted by Crippen LogP contribution is 2.24. The SMILES string of the molecule is COc1cccc(CC(=O)N2CCO[C@H](c3cccc(Nc4cccc(C)n4)n3)C2)c1. The van der Waals surface area contributed by atoms with E-state index in [1.54, 1.807) is 7.11 Å². The fourth-order valence-corrected chi connectivity index (χ4v) is 3.57. The van der Waals surface area contributed by atoms with Crippen LogP contribution in [0, 0.1) is 6.92 Å². The number of hydrogen-bond acceptors (Lipinski definition) is 6. The first-order valence-corrected chi connectivity index (χ1v) is 10.3. The maximum atomic E-state index is 12.9. The number of rotatable bonds is 6. The molecule has 0 aliphatic carbocycles. The number of aromatic nitrogens is 2. The fraction of sp³-hybridized carbons (Fsp3) is 0.292. The van der Waals surface area contributed by atoms with Crippen molar-refractivity contribution in [3.05, 3.63) is 77.6 Å². The monoisotopic (exact) mass is 418 g/mol. The average molecular weight is 418 g/mol. The van der Waals surface area contributed by atoms with Crippen molar-refractivity contribution in [1.29, 1.82) is 0 Å². The van der Waals surface area contributed by atoms with Crippen LogP contribution < -0.4 is 10.1 Å². The number of nitrogens with one attached hydrogen (secondary N) is 1. The molecule has 0 spiro atoms. The van der Waals surface area contributed by atoms with Gasteiger partial charge in [-0.2, -0.15) is 0 Å². The first kappa shape index (κ1) is 20.8. The number of carbonyl (C=O) groups excluding carboxylic acids is 1. The van der Waals surface area contributed by atoms with Crippen LogP contribution in [0.3, 0.4) is 0 Å². The van der Waals surface area contributed by atoms with Crippen LogP contribution in [-0.4, -0.2) is 47.6 Å². The molecule has 7 nitrogen and oxygen atoms in total. The van der Waals surface area contributed by atoms with Gasteiger partial charge >= 0.3 is 0 Å². The maximum Gasteiger partial charge on any atom is 0.227 e. The number of amides is 1. The third-order valence-electron chi connectivity index (χ3n) is 5.15. The van der Waals surface area contributed by atoms with Crippen molar-refractivity contribution in [1.82, 2.24) is 14.9 Å². The molecule has 1 aliphatic heterocycles. The molecule has 0 bridgehead atoms. The number of nitrogens with zero attached hydrogens (tertiary/aromatic N) is 3. The van der Waals surface area contributed by atoms with Crippen LogP contribution in [0.15, 0.2) is 60.7 Å². The molecule has 2 aromatic heterocycles. The van der Waals surface area contributed by atoms with Gasteiger partial charge in [0.1, 0.15) is 23.5 Å². The van der Waals surface area contributed by atoms with Crippen molar-refractivity contribution >= 4 is 17.5 Å². The molecule has 31 heavy (non-hydrogen) atoms. The molecule has 7 heteroatoms. The van der Waals surface area contributed by atoms with E-state index in [1.807, 2.05) is 72.5 Å². The number of anilines is 2. The zero-order chi connectivity index (χ0) is 21.6. The summed E-state index contributed by atoms with van der Waals surface area (Å²) in [6.45, 7) is 3.47. The summed E-state index contributed by atoms with van der Waals surface area (Å²) in [7, 11) is 1.62. The van der Waals surface area contributed by atoms with Crippen LogP contribution >= 0.6 is 0 Å². The molecule has 1 aliphatic rings. The van der Waals surface area contributed by atoms with E-state index in [1.165, 1.54) is 0 Å². The predicted octanol–water partition coefficient (Wildman–Crippen LogP) is 3.68. The van der Waals surface area contributed by atoms with Crippen molar-refractivity contribution in [3.63, 3.8) is 0 Å². The minimum atomic E-state index is -0.268. The minimum absolute atomic E-state index is 0.0693. The first-order valence-electron chi connectivity index (χ1n) is 10.3. The van der Waals surface area contributed by atoms with Gasteiger partial charge < -0.3 is 19.7 Å². The molecule has 0 unspecified atom stereocenters. The Morgan fingerprint density at radius 3 is 2.71 bits per heavy atom. The van der Waals surface area contributed by atoms with E-state index in [9.17, 15) is 4.79 Å². The number of benzene rings is 1. The Morgan fingerprint density at radius 1 is 1.13 bits per heavy atom. The summed E-state index contributed by atoms with van der Waals surface area (Å²) >= 11 is 0. The van der Waals surface area contributed by atoms with Crippen LogP contribution in [0.4, 0.5) is 11.6 Å². The highest BCUT2D eigenvalue weighted by Gasteiger charge is 2.26. The van der Waals surface area contributed by atoms with Crippen molar-refractivity contribution in [3.8, 4) is 5.75 Å². The lowest BCUT2D eigenvalue weighted by molar-refractivity contribution is -0.138. The van der Waals surface area contributed by atoms with Gasteiger partial charge in [0.05, 0.1) is 32.4 Å². The summed E-state index contributed by atoms with van der Waals surface area (Å²) < 4.78 is 11.2. The van der Waals surface area contributed by atoms with Crippen LogP contribution in [-0.2, 0) is 16.0 Å². The highest BCUT2D eigenvalue weighted by molar-refractivity contribution is 5.79. The smallest absolute Gasteiger partial charge is 0.227 e. The molecule has 0 saturated carbocycles. The minimum Gasteiger partial charge on any atom is -0.497 e. The summed E-state index contributed by atoms with van der Waals surface area (Å²) in [5, 5.41) is 3.23. The van der Waals surface area contributed by atoms with E-state index in [2.05, 4.69) is 10.3 Å². The normalized spacial score (nSPS) is 16.1. The van der Waals surface area contributed by atoms with Gasteiger partial charge in [0, 0.05) is 12.2 Å². The number of ether oxygens (including phenoxy) is 2. The van der Waals surface area contributed by atoms with E-state index in [0.29, 0.717) is 31.9 Å². The van der Waals surface area contributed by atoms with E-state index in [4.69, 9.17) is 14.5 Å². The van der Waals surface area contributed by atoms with Crippen LogP contribution in [0.1, 0.15) is 23.1 Å². The molecule has 1 saturated heterocycles. The van der Waals surface area contributed by atoms with Gasteiger partial charge in [-0.1, -0.05) is 24.3 Å². The third-order valence-corrected chi connectivity index (χ3v) is 5.15. The topological polar surface area (TPSA) is 76.6 Å². The molecular formula is C24H26N4O3. The van der Waals surface area contributed by atoms with Gasteiger partial charge in [-0.3, -0.25) is 4.79 Å². The summed E-state index contributed by atoms with van der Waals surface area (Å²) in [6.07, 6.45) is 0.0630. The molecule has 1 N–H and O–H groups in total. The Morgan fingerprint density at radius 2 is 1.90 bits per heavy atom. The summed E-state index contributed by atoms with van der Waals surface area (Å²) in [5.74, 6) is 2.25. The number of hydrogen-bond donors (Lipinski definition) is 1. The number of aryl methyl sites for hydroxylation is 1. The Bertz CT molecular complexity index is 1060. The summed E-state index contributed by atoms with van der Waals surface area (Å²) in [6, 6.07) is 19.1. The fourth-order valence-electron chi connectivity index (χ4n) is 3.57. The van der Waals surface area contributed by atoms with Gasteiger partial charge in [0.15, 0.2) is 0 Å². The van der Waals surface area contributed by atoms with Gasteiger partial charge in [0.2, 0.25) is 5.91 Å². The largest absolute Gasteiger partial charge is 0.497 e. The van der Waals surface area contributed by atoms with E-state index < -0.39 is 0 Å². The van der Waals surface area contributed by atoms with Gasteiger partial charge in [0.25, 0.3) is 0 Å². The number of pyridine rings is 2. The Balaban J connectivity index is 1.42. The lowest BCUT2D eigenvalue weighted by atomic mass is 10.1. The Hall–Kier alpha value is -3.45. The predicted molar refractivity (Wildman–Crippen MR) is 118 cm³/mol. The van der Waals surface area contributed by atoms with Crippen molar-refractivity contribution in [2.24, 2.45) is 0 Å². The van der Waals surface area contributed by atoms with Crippen molar-refractivity contribution < 1.29 is 14.3 Å². The molecule has 3 heterocycles. The van der Waals surface area contributed by atoms with Crippen LogP contribution in [0.25, 0.3) is 0 Å². The Labute approximate surface area is 182 Å². The van der Waals surface area contributed by atoms with Gasteiger partial charge in [-0.15, -0.1) is 0 Å². The molecular weight excluding hydrogens is 392 g/mol.